The van der Waals surface area contributed by atoms with Gasteiger partial charge in [0.15, 0.2) is 15.9 Å². The van der Waals surface area contributed by atoms with Crippen molar-refractivity contribution < 1.29 is 4.79 Å². The number of amides is 1. The van der Waals surface area contributed by atoms with Gasteiger partial charge in [0, 0.05) is 27.7 Å². The molecule has 0 aliphatic heterocycles. The Balaban J connectivity index is 1.96. The second-order valence-electron chi connectivity index (χ2n) is 6.08. The predicted molar refractivity (Wildman–Crippen MR) is 101 cm³/mol. The smallest absolute Gasteiger partial charge is 0.332 e. The second-order valence-corrected chi connectivity index (χ2v) is 6.79. The van der Waals surface area contributed by atoms with Crippen LogP contribution in [0.15, 0.2) is 44.7 Å². The van der Waals surface area contributed by atoms with Gasteiger partial charge in [-0.3, -0.25) is 23.3 Å². The lowest BCUT2D eigenvalue weighted by molar-refractivity contribution is -0.131. The molecule has 2 aromatic heterocycles. The molecule has 1 amide bonds. The molecular formula is C17H18BrN5O3. The normalized spacial score (nSPS) is 11.1. The van der Waals surface area contributed by atoms with E-state index in [1.165, 1.54) is 16.2 Å². The van der Waals surface area contributed by atoms with Gasteiger partial charge in [0.05, 0.1) is 0 Å². The molecule has 3 rings (SSSR count). The summed E-state index contributed by atoms with van der Waals surface area (Å²) in [6.07, 6.45) is 0. The van der Waals surface area contributed by atoms with Gasteiger partial charge in [-0.05, 0) is 21.5 Å². The van der Waals surface area contributed by atoms with Gasteiger partial charge in [-0.25, -0.2) is 9.78 Å². The Kier molecular flexibility index (Phi) is 4.82. The monoisotopic (exact) mass is 419 g/mol. The number of carbonyl (C=O) groups excluding carboxylic acids is 1. The zero-order chi connectivity index (χ0) is 19.0. The number of imidazole rings is 1. The van der Waals surface area contributed by atoms with Gasteiger partial charge in [0.25, 0.3) is 5.56 Å². The molecule has 1 aromatic carbocycles. The van der Waals surface area contributed by atoms with Crippen molar-refractivity contribution in [1.29, 1.82) is 0 Å². The lowest BCUT2D eigenvalue weighted by Crippen LogP contribution is -2.38. The Morgan fingerprint density at radius 2 is 1.81 bits per heavy atom. The summed E-state index contributed by atoms with van der Waals surface area (Å²) in [6.45, 7) is 0.422. The van der Waals surface area contributed by atoms with Crippen molar-refractivity contribution in [2.75, 3.05) is 7.05 Å². The number of nitrogens with zero attached hydrogens (tertiary/aromatic N) is 5. The van der Waals surface area contributed by atoms with Crippen molar-refractivity contribution in [3.05, 3.63) is 61.5 Å². The fraction of sp³-hybridized carbons (Fsp3) is 0.294. The summed E-state index contributed by atoms with van der Waals surface area (Å²) in [7, 11) is 4.66. The van der Waals surface area contributed by atoms with Crippen molar-refractivity contribution in [2.24, 2.45) is 14.1 Å². The molecular weight excluding hydrogens is 402 g/mol. The Bertz CT molecular complexity index is 1100. The highest BCUT2D eigenvalue weighted by molar-refractivity contribution is 9.10. The largest absolute Gasteiger partial charge is 0.340 e. The third-order valence-corrected chi connectivity index (χ3v) is 4.88. The number of hydrogen-bond acceptors (Lipinski definition) is 4. The molecule has 0 atom stereocenters. The van der Waals surface area contributed by atoms with E-state index in [9.17, 15) is 14.4 Å². The molecule has 0 unspecified atom stereocenters. The van der Waals surface area contributed by atoms with Crippen LogP contribution in [0.25, 0.3) is 11.2 Å². The first-order valence-corrected chi connectivity index (χ1v) is 8.70. The highest BCUT2D eigenvalue weighted by Crippen LogP contribution is 2.17. The van der Waals surface area contributed by atoms with Crippen LogP contribution in [0.3, 0.4) is 0 Å². The highest BCUT2D eigenvalue weighted by Gasteiger charge is 2.20. The highest BCUT2D eigenvalue weighted by atomic mass is 79.9. The molecule has 0 N–H and O–H groups in total. The van der Waals surface area contributed by atoms with E-state index in [-0.39, 0.29) is 18.0 Å². The van der Waals surface area contributed by atoms with E-state index in [4.69, 9.17) is 0 Å². The molecule has 9 heteroatoms. The van der Waals surface area contributed by atoms with Crippen molar-refractivity contribution in [3.8, 4) is 0 Å². The molecule has 0 fully saturated rings. The van der Waals surface area contributed by atoms with E-state index in [1.807, 2.05) is 30.3 Å². The fourth-order valence-corrected chi connectivity index (χ4v) is 3.27. The first kappa shape index (κ1) is 18.1. The molecule has 8 nitrogen and oxygen atoms in total. The summed E-state index contributed by atoms with van der Waals surface area (Å²) in [6, 6.07) is 9.64. The number of aryl methyl sites for hydroxylation is 1. The molecule has 0 radical (unpaired) electrons. The van der Waals surface area contributed by atoms with Crippen LogP contribution >= 0.6 is 15.9 Å². The Morgan fingerprint density at radius 3 is 2.46 bits per heavy atom. The predicted octanol–water partition coefficient (Wildman–Crippen LogP) is 0.855. The van der Waals surface area contributed by atoms with E-state index in [2.05, 4.69) is 20.9 Å². The summed E-state index contributed by atoms with van der Waals surface area (Å²) in [5, 5.41) is 0. The first-order valence-electron chi connectivity index (χ1n) is 7.91. The van der Waals surface area contributed by atoms with Gasteiger partial charge in [-0.1, -0.05) is 30.3 Å². The molecule has 26 heavy (non-hydrogen) atoms. The number of carbonyl (C=O) groups is 1. The minimum absolute atomic E-state index is 0.0408. The summed E-state index contributed by atoms with van der Waals surface area (Å²) < 4.78 is 4.17. The van der Waals surface area contributed by atoms with E-state index >= 15 is 0 Å². The third-order valence-electron chi connectivity index (χ3n) is 4.27. The number of hydrogen-bond donors (Lipinski definition) is 0. The molecule has 0 saturated carbocycles. The lowest BCUT2D eigenvalue weighted by atomic mass is 10.2. The summed E-state index contributed by atoms with van der Waals surface area (Å²) in [5.74, 6) is -0.165. The van der Waals surface area contributed by atoms with Crippen LogP contribution in [-0.2, 0) is 32.0 Å². The summed E-state index contributed by atoms with van der Waals surface area (Å²) in [5.41, 5.74) is 0.500. The van der Waals surface area contributed by atoms with Gasteiger partial charge in [-0.15, -0.1) is 0 Å². The van der Waals surface area contributed by atoms with Crippen LogP contribution in [-0.4, -0.2) is 36.5 Å². The number of benzene rings is 1. The third kappa shape index (κ3) is 3.10. The van der Waals surface area contributed by atoms with Gasteiger partial charge in [-0.2, -0.15) is 0 Å². The zero-order valence-electron chi connectivity index (χ0n) is 14.6. The minimum Gasteiger partial charge on any atom is -0.340 e. The van der Waals surface area contributed by atoms with Gasteiger partial charge < -0.3 is 4.90 Å². The Morgan fingerprint density at radius 1 is 1.15 bits per heavy atom. The number of aromatic nitrogens is 4. The maximum Gasteiger partial charge on any atom is 0.332 e. The maximum absolute atomic E-state index is 12.6. The van der Waals surface area contributed by atoms with E-state index in [0.717, 1.165) is 10.1 Å². The maximum atomic E-state index is 12.6. The second kappa shape index (κ2) is 6.91. The zero-order valence-corrected chi connectivity index (χ0v) is 16.2. The molecule has 0 aliphatic carbocycles. The SMILES string of the molecule is CN(Cc1ccccc1)C(=O)Cn1c(Br)nc2c(=O)n(C)c(=O)n(C)c21. The van der Waals surface area contributed by atoms with Crippen LogP contribution < -0.4 is 11.2 Å². The molecule has 0 aliphatic rings. The molecule has 2 heterocycles. The molecule has 3 aromatic rings. The molecule has 0 saturated heterocycles. The van der Waals surface area contributed by atoms with Crippen molar-refractivity contribution in [3.63, 3.8) is 0 Å². The van der Waals surface area contributed by atoms with Crippen molar-refractivity contribution in [1.82, 2.24) is 23.6 Å². The molecule has 0 spiro atoms. The van der Waals surface area contributed by atoms with Crippen LogP contribution in [0.5, 0.6) is 0 Å². The number of fused-ring (bicyclic) bond motifs is 1. The number of halogens is 1. The average molecular weight is 420 g/mol. The van der Waals surface area contributed by atoms with E-state index in [0.29, 0.717) is 16.9 Å². The van der Waals surface area contributed by atoms with Crippen molar-refractivity contribution >= 4 is 33.0 Å². The Hall–Kier alpha value is -2.68. The summed E-state index contributed by atoms with van der Waals surface area (Å²) >= 11 is 3.29. The van der Waals surface area contributed by atoms with Gasteiger partial charge in [0.2, 0.25) is 5.91 Å². The van der Waals surface area contributed by atoms with E-state index < -0.39 is 11.2 Å². The van der Waals surface area contributed by atoms with Crippen LogP contribution in [0.2, 0.25) is 0 Å². The Labute approximate surface area is 157 Å². The first-order chi connectivity index (χ1) is 12.3. The number of rotatable bonds is 4. The molecule has 136 valence electrons. The standard InChI is InChI=1S/C17H18BrN5O3/c1-20(9-11-7-5-4-6-8-11)12(24)10-23-14-13(19-16(23)18)15(25)22(3)17(26)21(14)2/h4-8H,9-10H2,1-3H3. The van der Waals surface area contributed by atoms with Crippen LogP contribution in [0, 0.1) is 0 Å². The number of likely N-dealkylation sites (N-methyl/N-ethyl adjacent to an activating group) is 1. The minimum atomic E-state index is -0.493. The van der Waals surface area contributed by atoms with Crippen LogP contribution in [0.1, 0.15) is 5.56 Å². The quantitative estimate of drug-likeness (QED) is 0.587. The lowest BCUT2D eigenvalue weighted by Gasteiger charge is -2.18. The van der Waals surface area contributed by atoms with Crippen molar-refractivity contribution in [2.45, 2.75) is 13.1 Å². The van der Waals surface area contributed by atoms with Gasteiger partial charge in [0.1, 0.15) is 6.54 Å². The van der Waals surface area contributed by atoms with E-state index in [1.54, 1.807) is 19.0 Å². The molecule has 0 bridgehead atoms. The van der Waals surface area contributed by atoms with Crippen LogP contribution in [0.4, 0.5) is 0 Å². The topological polar surface area (TPSA) is 82.1 Å². The fourth-order valence-electron chi connectivity index (χ4n) is 2.80. The summed E-state index contributed by atoms with van der Waals surface area (Å²) in [4.78, 5) is 42.9. The average Bonchev–Trinajstić information content (AvgIpc) is 2.95. The van der Waals surface area contributed by atoms with Gasteiger partial charge >= 0.3 is 5.69 Å².